The Morgan fingerprint density at radius 2 is 2.00 bits per heavy atom. The van der Waals surface area contributed by atoms with Crippen LogP contribution in [0.4, 0.5) is 11.6 Å². The first-order valence-corrected chi connectivity index (χ1v) is 10.7. The van der Waals surface area contributed by atoms with Crippen molar-refractivity contribution in [1.29, 1.82) is 0 Å². The molecule has 2 atom stereocenters. The van der Waals surface area contributed by atoms with Gasteiger partial charge >= 0.3 is 0 Å². The van der Waals surface area contributed by atoms with Crippen molar-refractivity contribution in [2.75, 3.05) is 11.1 Å². The number of nitrogens with two attached hydrogens (primary N) is 1. The molecule has 1 fully saturated rings. The first-order chi connectivity index (χ1) is 16.2. The third-order valence-electron chi connectivity index (χ3n) is 5.61. The predicted octanol–water partition coefficient (Wildman–Crippen LogP) is 3.02. The zero-order valence-corrected chi connectivity index (χ0v) is 17.8. The smallest absolute Gasteiger partial charge is 0.229 e. The van der Waals surface area contributed by atoms with Crippen LogP contribution in [-0.4, -0.2) is 30.9 Å². The number of hydrogen-bond donors (Lipinski definition) is 2. The maximum atomic E-state index is 12.6. The molecular formula is C24H23N7O2. The van der Waals surface area contributed by atoms with Gasteiger partial charge < -0.3 is 15.8 Å². The van der Waals surface area contributed by atoms with E-state index < -0.39 is 0 Å². The molecule has 1 saturated carbocycles. The summed E-state index contributed by atoms with van der Waals surface area (Å²) in [4.78, 5) is 16.7. The molecule has 9 nitrogen and oxygen atoms in total. The number of anilines is 2. The molecule has 1 aliphatic rings. The molecule has 1 aromatic carbocycles. The fraction of sp³-hybridized carbons (Fsp3) is 0.208. The Hall–Kier alpha value is -4.27. The number of benzene rings is 1. The van der Waals surface area contributed by atoms with Crippen molar-refractivity contribution in [3.63, 3.8) is 0 Å². The average Bonchev–Trinajstić information content (AvgIpc) is 3.47. The number of aromatic nitrogens is 5. The Bertz CT molecular complexity index is 1240. The molecule has 166 valence electrons. The van der Waals surface area contributed by atoms with Gasteiger partial charge in [-0.25, -0.2) is 4.98 Å². The molecule has 3 N–H and O–H groups in total. The normalized spacial score (nSPS) is 16.8. The number of amides is 1. The minimum Gasteiger partial charge on any atom is -0.487 e. The van der Waals surface area contributed by atoms with Gasteiger partial charge in [0.15, 0.2) is 5.82 Å². The second-order valence-electron chi connectivity index (χ2n) is 8.00. The zero-order valence-electron chi connectivity index (χ0n) is 17.8. The van der Waals surface area contributed by atoms with Gasteiger partial charge in [0, 0.05) is 30.6 Å². The van der Waals surface area contributed by atoms with E-state index in [1.54, 1.807) is 18.5 Å². The van der Waals surface area contributed by atoms with E-state index in [1.165, 1.54) is 6.20 Å². The van der Waals surface area contributed by atoms with E-state index in [4.69, 9.17) is 10.5 Å². The molecule has 0 bridgehead atoms. The van der Waals surface area contributed by atoms with Gasteiger partial charge in [-0.1, -0.05) is 30.3 Å². The number of nitrogen functional groups attached to an aromatic ring is 1. The minimum atomic E-state index is -0.150. The Kier molecular flexibility index (Phi) is 5.67. The Labute approximate surface area is 190 Å². The SMILES string of the molecule is Nc1ncccc1[C@H]1C[C@@H]1C(=O)Nc1cc(OCc2ccc(Cn3cccn3)cc2)cnn1. The van der Waals surface area contributed by atoms with Gasteiger partial charge in [0.2, 0.25) is 5.91 Å². The Morgan fingerprint density at radius 3 is 2.79 bits per heavy atom. The molecule has 3 aromatic heterocycles. The summed E-state index contributed by atoms with van der Waals surface area (Å²) in [5.74, 6) is 1.19. The molecule has 0 unspecified atom stereocenters. The molecule has 0 aliphatic heterocycles. The topological polar surface area (TPSA) is 121 Å². The fourth-order valence-corrected chi connectivity index (χ4v) is 3.77. The standard InChI is InChI=1S/C24H23N7O2/c25-23-19(3-1-8-26-23)20-12-21(20)24(32)29-22-11-18(13-27-30-22)33-15-17-6-4-16(5-7-17)14-31-10-2-9-28-31/h1-11,13,20-21H,12,14-15H2,(H2,25,26)(H,29,30,32)/t20-,21+/m1/s1. The summed E-state index contributed by atoms with van der Waals surface area (Å²) in [6, 6.07) is 15.5. The minimum absolute atomic E-state index is 0.0855. The van der Waals surface area contributed by atoms with E-state index in [0.29, 0.717) is 24.0 Å². The molecule has 33 heavy (non-hydrogen) atoms. The van der Waals surface area contributed by atoms with Crippen LogP contribution in [0, 0.1) is 5.92 Å². The van der Waals surface area contributed by atoms with Crippen molar-refractivity contribution in [1.82, 2.24) is 25.0 Å². The van der Waals surface area contributed by atoms with Gasteiger partial charge in [-0.2, -0.15) is 10.2 Å². The van der Waals surface area contributed by atoms with Crippen LogP contribution in [0.3, 0.4) is 0 Å². The van der Waals surface area contributed by atoms with E-state index in [9.17, 15) is 4.79 Å². The van der Waals surface area contributed by atoms with E-state index in [2.05, 4.69) is 37.7 Å². The highest BCUT2D eigenvalue weighted by Crippen LogP contribution is 2.49. The number of carbonyl (C=O) groups excluding carboxylic acids is 1. The maximum Gasteiger partial charge on any atom is 0.229 e. The molecule has 9 heteroatoms. The summed E-state index contributed by atoms with van der Waals surface area (Å²) < 4.78 is 7.72. The van der Waals surface area contributed by atoms with E-state index in [1.807, 2.05) is 41.2 Å². The van der Waals surface area contributed by atoms with Crippen molar-refractivity contribution in [3.8, 4) is 5.75 Å². The van der Waals surface area contributed by atoms with Crippen LogP contribution in [0.2, 0.25) is 0 Å². The summed E-state index contributed by atoms with van der Waals surface area (Å²) in [6.45, 7) is 1.10. The molecule has 1 aliphatic carbocycles. The van der Waals surface area contributed by atoms with Crippen molar-refractivity contribution in [2.24, 2.45) is 5.92 Å². The van der Waals surface area contributed by atoms with Crippen LogP contribution in [0.1, 0.15) is 29.0 Å². The number of rotatable bonds is 8. The van der Waals surface area contributed by atoms with Gasteiger partial charge in [-0.3, -0.25) is 9.48 Å². The molecule has 0 saturated heterocycles. The number of ether oxygens (including phenoxy) is 1. The lowest BCUT2D eigenvalue weighted by Crippen LogP contribution is -2.16. The maximum absolute atomic E-state index is 12.6. The van der Waals surface area contributed by atoms with Crippen LogP contribution >= 0.6 is 0 Å². The van der Waals surface area contributed by atoms with Gasteiger partial charge in [-0.05, 0) is 41.2 Å². The quantitative estimate of drug-likeness (QED) is 0.431. The molecule has 0 spiro atoms. The van der Waals surface area contributed by atoms with Crippen LogP contribution in [0.15, 0.2) is 73.3 Å². The number of hydrogen-bond acceptors (Lipinski definition) is 7. The largest absolute Gasteiger partial charge is 0.487 e. The summed E-state index contributed by atoms with van der Waals surface area (Å²) in [5, 5.41) is 15.0. The lowest BCUT2D eigenvalue weighted by atomic mass is 10.1. The first kappa shape index (κ1) is 20.6. The van der Waals surface area contributed by atoms with E-state index in [-0.39, 0.29) is 17.7 Å². The molecule has 5 rings (SSSR count). The van der Waals surface area contributed by atoms with Gasteiger partial charge in [-0.15, -0.1) is 5.10 Å². The second-order valence-corrected chi connectivity index (χ2v) is 8.00. The highest BCUT2D eigenvalue weighted by Gasteiger charge is 2.45. The summed E-state index contributed by atoms with van der Waals surface area (Å²) in [7, 11) is 0. The zero-order chi connectivity index (χ0) is 22.6. The van der Waals surface area contributed by atoms with Gasteiger partial charge in [0.25, 0.3) is 0 Å². The average molecular weight is 441 g/mol. The molecule has 3 heterocycles. The van der Waals surface area contributed by atoms with Crippen molar-refractivity contribution >= 4 is 17.5 Å². The van der Waals surface area contributed by atoms with Gasteiger partial charge in [0.05, 0.1) is 12.7 Å². The Morgan fingerprint density at radius 1 is 1.15 bits per heavy atom. The fourth-order valence-electron chi connectivity index (χ4n) is 3.77. The molecular weight excluding hydrogens is 418 g/mol. The van der Waals surface area contributed by atoms with Crippen LogP contribution < -0.4 is 15.8 Å². The summed E-state index contributed by atoms with van der Waals surface area (Å²) in [6.07, 6.45) is 7.61. The van der Waals surface area contributed by atoms with Crippen LogP contribution in [0.5, 0.6) is 5.75 Å². The number of nitrogens with one attached hydrogen (secondary N) is 1. The third kappa shape index (κ3) is 4.98. The molecule has 1 amide bonds. The highest BCUT2D eigenvalue weighted by molar-refractivity contribution is 5.94. The monoisotopic (exact) mass is 441 g/mol. The Balaban J connectivity index is 1.14. The van der Waals surface area contributed by atoms with E-state index in [0.717, 1.165) is 29.7 Å². The number of nitrogens with zero attached hydrogens (tertiary/aromatic N) is 5. The molecule has 4 aromatic rings. The van der Waals surface area contributed by atoms with Crippen molar-refractivity contribution in [2.45, 2.75) is 25.5 Å². The lowest BCUT2D eigenvalue weighted by Gasteiger charge is -2.09. The van der Waals surface area contributed by atoms with Crippen LogP contribution in [-0.2, 0) is 17.9 Å². The summed E-state index contributed by atoms with van der Waals surface area (Å²) in [5.41, 5.74) is 9.03. The molecule has 0 radical (unpaired) electrons. The van der Waals surface area contributed by atoms with Gasteiger partial charge in [0.1, 0.15) is 18.2 Å². The number of pyridine rings is 1. The second kappa shape index (κ2) is 9.07. The van der Waals surface area contributed by atoms with Crippen LogP contribution in [0.25, 0.3) is 0 Å². The lowest BCUT2D eigenvalue weighted by molar-refractivity contribution is -0.117. The predicted molar refractivity (Wildman–Crippen MR) is 122 cm³/mol. The highest BCUT2D eigenvalue weighted by atomic mass is 16.5. The third-order valence-corrected chi connectivity index (χ3v) is 5.61. The van der Waals surface area contributed by atoms with Crippen molar-refractivity contribution < 1.29 is 9.53 Å². The summed E-state index contributed by atoms with van der Waals surface area (Å²) >= 11 is 0. The van der Waals surface area contributed by atoms with E-state index >= 15 is 0 Å². The van der Waals surface area contributed by atoms with Crippen molar-refractivity contribution in [3.05, 3.63) is 90.0 Å². The number of carbonyl (C=O) groups is 1. The first-order valence-electron chi connectivity index (χ1n) is 10.7.